The molecule has 1 amide bonds. The van der Waals surface area contributed by atoms with E-state index >= 15 is 0 Å². The maximum absolute atomic E-state index is 12.6. The number of hydrogen-bond donors (Lipinski definition) is 1. The molecule has 4 nitrogen and oxygen atoms in total. The number of ether oxygens (including phenoxy) is 1. The fraction of sp³-hybridized carbons (Fsp3) is 0.348. The molecule has 27 heavy (non-hydrogen) atoms. The number of piperidine rings is 1. The van der Waals surface area contributed by atoms with E-state index in [1.54, 1.807) is 6.08 Å². The van der Waals surface area contributed by atoms with Crippen LogP contribution in [0, 0.1) is 12.8 Å². The van der Waals surface area contributed by atoms with Crippen LogP contribution in [0.4, 0.5) is 5.69 Å². The summed E-state index contributed by atoms with van der Waals surface area (Å²) in [6.07, 6.45) is 3.49. The summed E-state index contributed by atoms with van der Waals surface area (Å²) in [5, 5.41) is 3.04. The number of amides is 1. The molecule has 142 valence electrons. The second-order valence-electron chi connectivity index (χ2n) is 7.16. The molecule has 2 aromatic carbocycles. The summed E-state index contributed by atoms with van der Waals surface area (Å²) in [6.45, 7) is 9.09. The van der Waals surface area contributed by atoms with E-state index in [-0.39, 0.29) is 11.8 Å². The van der Waals surface area contributed by atoms with Gasteiger partial charge in [-0.3, -0.25) is 9.69 Å². The standard InChI is InChI=1S/C23H28N2O2/c1-3-14-27-22-9-5-8-21(16-22)24-23(26)20-10-12-25(13-11-20)17-19-7-4-6-18(2)15-19/h3-9,15-16,20H,1,10-14,17H2,2H3,(H,24,26). The molecular weight excluding hydrogens is 336 g/mol. The van der Waals surface area contributed by atoms with Crippen LogP contribution in [-0.4, -0.2) is 30.5 Å². The van der Waals surface area contributed by atoms with Gasteiger partial charge in [-0.05, 0) is 50.6 Å². The highest BCUT2D eigenvalue weighted by Crippen LogP contribution is 2.23. The molecule has 0 saturated carbocycles. The number of rotatable bonds is 7. The highest BCUT2D eigenvalue weighted by Gasteiger charge is 2.25. The monoisotopic (exact) mass is 364 g/mol. The summed E-state index contributed by atoms with van der Waals surface area (Å²) in [5.74, 6) is 0.906. The van der Waals surface area contributed by atoms with Crippen molar-refractivity contribution in [1.82, 2.24) is 4.90 Å². The van der Waals surface area contributed by atoms with Gasteiger partial charge in [0.1, 0.15) is 12.4 Å². The van der Waals surface area contributed by atoms with Gasteiger partial charge in [0, 0.05) is 24.2 Å². The van der Waals surface area contributed by atoms with Gasteiger partial charge in [0.25, 0.3) is 0 Å². The average Bonchev–Trinajstić information content (AvgIpc) is 2.67. The Kier molecular flexibility index (Phi) is 6.66. The molecule has 0 bridgehead atoms. The van der Waals surface area contributed by atoms with E-state index in [1.165, 1.54) is 11.1 Å². The minimum Gasteiger partial charge on any atom is -0.489 e. The molecule has 0 radical (unpaired) electrons. The van der Waals surface area contributed by atoms with E-state index in [4.69, 9.17) is 4.74 Å². The first-order valence-electron chi connectivity index (χ1n) is 9.56. The molecule has 0 atom stereocenters. The fourth-order valence-electron chi connectivity index (χ4n) is 3.49. The zero-order chi connectivity index (χ0) is 19.1. The van der Waals surface area contributed by atoms with Gasteiger partial charge in [0.05, 0.1) is 0 Å². The highest BCUT2D eigenvalue weighted by atomic mass is 16.5. The molecule has 1 aliphatic rings. The van der Waals surface area contributed by atoms with Crippen LogP contribution in [0.1, 0.15) is 24.0 Å². The van der Waals surface area contributed by atoms with E-state index in [0.717, 1.165) is 43.9 Å². The first kappa shape index (κ1) is 19.2. The van der Waals surface area contributed by atoms with Crippen molar-refractivity contribution in [2.75, 3.05) is 25.0 Å². The normalized spacial score (nSPS) is 15.3. The molecule has 0 spiro atoms. The van der Waals surface area contributed by atoms with E-state index in [0.29, 0.717) is 6.61 Å². The number of nitrogens with zero attached hydrogens (tertiary/aromatic N) is 1. The third-order valence-electron chi connectivity index (χ3n) is 4.92. The highest BCUT2D eigenvalue weighted by molar-refractivity contribution is 5.92. The number of anilines is 1. The Morgan fingerprint density at radius 3 is 2.74 bits per heavy atom. The summed E-state index contributed by atoms with van der Waals surface area (Å²) in [7, 11) is 0. The van der Waals surface area contributed by atoms with Crippen molar-refractivity contribution in [3.63, 3.8) is 0 Å². The van der Waals surface area contributed by atoms with Gasteiger partial charge < -0.3 is 10.1 Å². The van der Waals surface area contributed by atoms with Crippen LogP contribution in [0.2, 0.25) is 0 Å². The van der Waals surface area contributed by atoms with Crippen molar-refractivity contribution >= 4 is 11.6 Å². The van der Waals surface area contributed by atoms with Gasteiger partial charge in [0.15, 0.2) is 0 Å². The smallest absolute Gasteiger partial charge is 0.227 e. The molecule has 3 rings (SSSR count). The third kappa shape index (κ3) is 5.69. The van der Waals surface area contributed by atoms with Crippen molar-refractivity contribution in [3.8, 4) is 5.75 Å². The largest absolute Gasteiger partial charge is 0.489 e. The summed E-state index contributed by atoms with van der Waals surface area (Å²) in [4.78, 5) is 15.0. The SMILES string of the molecule is C=CCOc1cccc(NC(=O)C2CCN(Cc3cccc(C)c3)CC2)c1. The van der Waals surface area contributed by atoms with Crippen LogP contribution >= 0.6 is 0 Å². The molecule has 1 saturated heterocycles. The molecule has 4 heteroatoms. The molecule has 1 fully saturated rings. The summed E-state index contributed by atoms with van der Waals surface area (Å²) < 4.78 is 5.53. The predicted molar refractivity (Wildman–Crippen MR) is 110 cm³/mol. The maximum atomic E-state index is 12.6. The van der Waals surface area contributed by atoms with Crippen molar-refractivity contribution in [2.45, 2.75) is 26.3 Å². The number of carbonyl (C=O) groups excluding carboxylic acids is 1. The van der Waals surface area contributed by atoms with Crippen LogP contribution in [0.5, 0.6) is 5.75 Å². The molecule has 0 unspecified atom stereocenters. The molecule has 1 aliphatic heterocycles. The zero-order valence-corrected chi connectivity index (χ0v) is 16.0. The van der Waals surface area contributed by atoms with Gasteiger partial charge in [0.2, 0.25) is 5.91 Å². The fourth-order valence-corrected chi connectivity index (χ4v) is 3.49. The average molecular weight is 364 g/mol. The van der Waals surface area contributed by atoms with Crippen LogP contribution in [0.15, 0.2) is 61.2 Å². The van der Waals surface area contributed by atoms with E-state index in [1.807, 2.05) is 24.3 Å². The van der Waals surface area contributed by atoms with Crippen LogP contribution in [0.3, 0.4) is 0 Å². The first-order chi connectivity index (χ1) is 13.1. The third-order valence-corrected chi connectivity index (χ3v) is 4.92. The number of aryl methyl sites for hydroxylation is 1. The Labute approximate surface area is 161 Å². The Balaban J connectivity index is 1.49. The predicted octanol–water partition coefficient (Wildman–Crippen LogP) is 4.41. The molecule has 1 heterocycles. The van der Waals surface area contributed by atoms with Crippen LogP contribution in [-0.2, 0) is 11.3 Å². The maximum Gasteiger partial charge on any atom is 0.227 e. The van der Waals surface area contributed by atoms with Crippen LogP contribution < -0.4 is 10.1 Å². The topological polar surface area (TPSA) is 41.6 Å². The Hall–Kier alpha value is -2.59. The van der Waals surface area contributed by atoms with Crippen molar-refractivity contribution in [2.24, 2.45) is 5.92 Å². The lowest BCUT2D eigenvalue weighted by molar-refractivity contribution is -0.121. The van der Waals surface area contributed by atoms with Gasteiger partial charge in [-0.15, -0.1) is 0 Å². The minimum absolute atomic E-state index is 0.0662. The molecular formula is C23H28N2O2. The van der Waals surface area contributed by atoms with Crippen molar-refractivity contribution < 1.29 is 9.53 Å². The summed E-state index contributed by atoms with van der Waals surface area (Å²) in [5.41, 5.74) is 3.42. The zero-order valence-electron chi connectivity index (χ0n) is 16.0. The van der Waals surface area contributed by atoms with E-state index in [2.05, 4.69) is 48.0 Å². The number of carbonyl (C=O) groups is 1. The molecule has 2 aromatic rings. The van der Waals surface area contributed by atoms with Gasteiger partial charge in [-0.1, -0.05) is 48.6 Å². The molecule has 0 aromatic heterocycles. The van der Waals surface area contributed by atoms with Gasteiger partial charge >= 0.3 is 0 Å². The minimum atomic E-state index is 0.0662. The Morgan fingerprint density at radius 1 is 1.22 bits per heavy atom. The quantitative estimate of drug-likeness (QED) is 0.740. The number of nitrogens with one attached hydrogen (secondary N) is 1. The number of likely N-dealkylation sites (tertiary alicyclic amines) is 1. The Bertz CT molecular complexity index is 779. The lowest BCUT2D eigenvalue weighted by Crippen LogP contribution is -2.37. The van der Waals surface area contributed by atoms with E-state index < -0.39 is 0 Å². The van der Waals surface area contributed by atoms with Crippen molar-refractivity contribution in [3.05, 3.63) is 72.3 Å². The lowest BCUT2D eigenvalue weighted by Gasteiger charge is -2.31. The molecule has 1 N–H and O–H groups in total. The van der Waals surface area contributed by atoms with Gasteiger partial charge in [-0.2, -0.15) is 0 Å². The summed E-state index contributed by atoms with van der Waals surface area (Å²) >= 11 is 0. The van der Waals surface area contributed by atoms with E-state index in [9.17, 15) is 4.79 Å². The van der Waals surface area contributed by atoms with Crippen LogP contribution in [0.25, 0.3) is 0 Å². The lowest BCUT2D eigenvalue weighted by atomic mass is 9.95. The summed E-state index contributed by atoms with van der Waals surface area (Å²) in [6, 6.07) is 16.2. The number of benzene rings is 2. The molecule has 0 aliphatic carbocycles. The van der Waals surface area contributed by atoms with Crippen molar-refractivity contribution in [1.29, 1.82) is 0 Å². The first-order valence-corrected chi connectivity index (χ1v) is 9.56. The van der Waals surface area contributed by atoms with Gasteiger partial charge in [-0.25, -0.2) is 0 Å². The Morgan fingerprint density at radius 2 is 2.00 bits per heavy atom. The second-order valence-corrected chi connectivity index (χ2v) is 7.16. The number of hydrogen-bond acceptors (Lipinski definition) is 3. The second kappa shape index (κ2) is 9.38.